The zero-order chi connectivity index (χ0) is 16.2. The van der Waals surface area contributed by atoms with E-state index in [-0.39, 0.29) is 0 Å². The van der Waals surface area contributed by atoms with Crippen LogP contribution in [0.1, 0.15) is 12.7 Å². The van der Waals surface area contributed by atoms with Gasteiger partial charge in [-0.25, -0.2) is 4.79 Å². The van der Waals surface area contributed by atoms with Crippen LogP contribution in [0.25, 0.3) is 28.2 Å². The molecule has 0 unspecified atom stereocenters. The van der Waals surface area contributed by atoms with Crippen LogP contribution in [-0.4, -0.2) is 11.1 Å². The minimum absolute atomic E-state index is 0.653. The molecule has 3 heteroatoms. The Bertz CT molecular complexity index is 908. The number of carbonyl (C=O) groups is 1. The van der Waals surface area contributed by atoms with Crippen LogP contribution in [0.3, 0.4) is 0 Å². The van der Waals surface area contributed by atoms with E-state index in [4.69, 9.17) is 9.52 Å². The molecule has 1 N–H and O–H groups in total. The van der Waals surface area contributed by atoms with E-state index in [9.17, 15) is 4.79 Å². The molecule has 1 heterocycles. The Hall–Kier alpha value is -3.07. The SMILES string of the molecule is CC(=C/C(=O)O)/C=C/c1ccc(-c2cccc3ccccc23)o1. The van der Waals surface area contributed by atoms with Crippen molar-refractivity contribution >= 4 is 22.8 Å². The maximum atomic E-state index is 10.6. The van der Waals surface area contributed by atoms with Crippen LogP contribution < -0.4 is 0 Å². The van der Waals surface area contributed by atoms with Crippen molar-refractivity contribution in [1.82, 2.24) is 0 Å². The Morgan fingerprint density at radius 1 is 1.04 bits per heavy atom. The second-order valence-corrected chi connectivity index (χ2v) is 5.29. The van der Waals surface area contributed by atoms with Crippen molar-refractivity contribution in [2.24, 2.45) is 0 Å². The molecule has 3 rings (SSSR count). The fourth-order valence-electron chi connectivity index (χ4n) is 2.48. The van der Waals surface area contributed by atoms with Gasteiger partial charge in [0.25, 0.3) is 0 Å². The molecule has 0 aliphatic rings. The van der Waals surface area contributed by atoms with Crippen LogP contribution >= 0.6 is 0 Å². The first-order valence-corrected chi connectivity index (χ1v) is 7.31. The Morgan fingerprint density at radius 3 is 2.65 bits per heavy atom. The number of allylic oxidation sites excluding steroid dienone is 2. The summed E-state index contributed by atoms with van der Waals surface area (Å²) in [6.45, 7) is 1.74. The zero-order valence-electron chi connectivity index (χ0n) is 12.7. The highest BCUT2D eigenvalue weighted by molar-refractivity contribution is 5.95. The first kappa shape index (κ1) is 14.9. The van der Waals surface area contributed by atoms with Gasteiger partial charge in [0.05, 0.1) is 0 Å². The highest BCUT2D eigenvalue weighted by atomic mass is 16.4. The topological polar surface area (TPSA) is 50.4 Å². The fraction of sp³-hybridized carbons (Fsp3) is 0.0500. The van der Waals surface area contributed by atoms with Gasteiger partial charge in [0, 0.05) is 11.6 Å². The molecule has 2 aromatic carbocycles. The Balaban J connectivity index is 1.93. The third-order valence-corrected chi connectivity index (χ3v) is 3.54. The molecular formula is C20H16O3. The Labute approximate surface area is 134 Å². The van der Waals surface area contributed by atoms with E-state index in [1.807, 2.05) is 36.4 Å². The molecule has 0 aliphatic carbocycles. The number of carboxylic acid groups (broad SMARTS) is 1. The van der Waals surface area contributed by atoms with Crippen molar-refractivity contribution in [2.75, 3.05) is 0 Å². The van der Waals surface area contributed by atoms with Gasteiger partial charge < -0.3 is 9.52 Å². The van der Waals surface area contributed by atoms with E-state index >= 15 is 0 Å². The van der Waals surface area contributed by atoms with E-state index in [0.29, 0.717) is 11.3 Å². The highest BCUT2D eigenvalue weighted by Gasteiger charge is 2.07. The van der Waals surface area contributed by atoms with Crippen molar-refractivity contribution in [3.63, 3.8) is 0 Å². The lowest BCUT2D eigenvalue weighted by atomic mass is 10.0. The van der Waals surface area contributed by atoms with Crippen LogP contribution in [0.5, 0.6) is 0 Å². The fourth-order valence-corrected chi connectivity index (χ4v) is 2.48. The summed E-state index contributed by atoms with van der Waals surface area (Å²) in [7, 11) is 0. The molecule has 0 saturated carbocycles. The summed E-state index contributed by atoms with van der Waals surface area (Å²) in [6, 6.07) is 18.1. The number of hydrogen-bond acceptors (Lipinski definition) is 2. The van der Waals surface area contributed by atoms with E-state index in [1.54, 1.807) is 19.1 Å². The Morgan fingerprint density at radius 2 is 1.83 bits per heavy atom. The number of benzene rings is 2. The first-order valence-electron chi connectivity index (χ1n) is 7.31. The predicted octanol–water partition coefficient (Wildman–Crippen LogP) is 5.14. The number of fused-ring (bicyclic) bond motifs is 1. The third-order valence-electron chi connectivity index (χ3n) is 3.54. The van der Waals surface area contributed by atoms with E-state index in [0.717, 1.165) is 22.8 Å². The first-order chi connectivity index (χ1) is 11.1. The van der Waals surface area contributed by atoms with Gasteiger partial charge in [0.15, 0.2) is 0 Å². The maximum Gasteiger partial charge on any atom is 0.328 e. The molecule has 3 aromatic rings. The van der Waals surface area contributed by atoms with Crippen LogP contribution in [0.2, 0.25) is 0 Å². The highest BCUT2D eigenvalue weighted by Crippen LogP contribution is 2.30. The average Bonchev–Trinajstić information content (AvgIpc) is 3.00. The van der Waals surface area contributed by atoms with Gasteiger partial charge in [-0.3, -0.25) is 0 Å². The van der Waals surface area contributed by atoms with Crippen molar-refractivity contribution in [2.45, 2.75) is 6.92 Å². The number of carboxylic acids is 1. The smallest absolute Gasteiger partial charge is 0.328 e. The molecule has 0 fully saturated rings. The molecule has 114 valence electrons. The van der Waals surface area contributed by atoms with Crippen molar-refractivity contribution in [3.8, 4) is 11.3 Å². The van der Waals surface area contributed by atoms with Gasteiger partial charge in [0.1, 0.15) is 11.5 Å². The van der Waals surface area contributed by atoms with Crippen LogP contribution in [0, 0.1) is 0 Å². The summed E-state index contributed by atoms with van der Waals surface area (Å²) in [5.74, 6) is 0.524. The number of aliphatic carboxylic acids is 1. The summed E-state index contributed by atoms with van der Waals surface area (Å²) in [5, 5.41) is 11.0. The summed E-state index contributed by atoms with van der Waals surface area (Å²) in [6.07, 6.45) is 4.65. The molecule has 0 spiro atoms. The molecular weight excluding hydrogens is 288 g/mol. The lowest BCUT2D eigenvalue weighted by Crippen LogP contribution is -1.87. The normalized spacial score (nSPS) is 12.1. The predicted molar refractivity (Wildman–Crippen MR) is 92.1 cm³/mol. The minimum Gasteiger partial charge on any atom is -0.478 e. The van der Waals surface area contributed by atoms with E-state index in [1.165, 1.54) is 5.39 Å². The zero-order valence-corrected chi connectivity index (χ0v) is 12.7. The minimum atomic E-state index is -0.956. The lowest BCUT2D eigenvalue weighted by molar-refractivity contribution is -0.131. The molecule has 0 amide bonds. The molecule has 0 atom stereocenters. The van der Waals surface area contributed by atoms with Crippen molar-refractivity contribution in [3.05, 3.63) is 78.1 Å². The number of furan rings is 1. The summed E-state index contributed by atoms with van der Waals surface area (Å²) < 4.78 is 5.87. The second kappa shape index (κ2) is 6.36. The second-order valence-electron chi connectivity index (χ2n) is 5.29. The van der Waals surface area contributed by atoms with Gasteiger partial charge in [-0.15, -0.1) is 0 Å². The monoisotopic (exact) mass is 304 g/mol. The molecule has 0 radical (unpaired) electrons. The molecule has 0 saturated heterocycles. The van der Waals surface area contributed by atoms with Gasteiger partial charge >= 0.3 is 5.97 Å². The molecule has 3 nitrogen and oxygen atoms in total. The molecule has 1 aromatic heterocycles. The van der Waals surface area contributed by atoms with E-state index < -0.39 is 5.97 Å². The van der Waals surface area contributed by atoms with Crippen LogP contribution in [0.4, 0.5) is 0 Å². The molecule has 0 bridgehead atoms. The molecule has 0 aliphatic heterocycles. The number of rotatable bonds is 4. The standard InChI is InChI=1S/C20H16O3/c1-14(13-20(21)22)9-10-16-11-12-19(23-16)18-8-4-6-15-5-2-3-7-17(15)18/h2-13H,1H3,(H,21,22)/b10-9+,14-13-. The van der Waals surface area contributed by atoms with Crippen molar-refractivity contribution < 1.29 is 14.3 Å². The summed E-state index contributed by atoms with van der Waals surface area (Å²) in [4.78, 5) is 10.6. The Kier molecular flexibility index (Phi) is 4.11. The third kappa shape index (κ3) is 3.40. The van der Waals surface area contributed by atoms with Gasteiger partial charge in [-0.05, 0) is 41.5 Å². The maximum absolute atomic E-state index is 10.6. The lowest BCUT2D eigenvalue weighted by Gasteiger charge is -2.03. The van der Waals surface area contributed by atoms with Gasteiger partial charge in [0.2, 0.25) is 0 Å². The summed E-state index contributed by atoms with van der Waals surface area (Å²) >= 11 is 0. The van der Waals surface area contributed by atoms with Crippen molar-refractivity contribution in [1.29, 1.82) is 0 Å². The number of hydrogen-bond donors (Lipinski definition) is 1. The quantitative estimate of drug-likeness (QED) is 0.536. The largest absolute Gasteiger partial charge is 0.478 e. The van der Waals surface area contributed by atoms with Gasteiger partial charge in [-0.1, -0.05) is 48.5 Å². The molecule has 23 heavy (non-hydrogen) atoms. The summed E-state index contributed by atoms with van der Waals surface area (Å²) in [5.41, 5.74) is 1.70. The average molecular weight is 304 g/mol. The van der Waals surface area contributed by atoms with Crippen LogP contribution in [0.15, 0.2) is 76.7 Å². The van der Waals surface area contributed by atoms with E-state index in [2.05, 4.69) is 18.2 Å². The van der Waals surface area contributed by atoms with Gasteiger partial charge in [-0.2, -0.15) is 0 Å². The van der Waals surface area contributed by atoms with Crippen LogP contribution in [-0.2, 0) is 4.79 Å².